The zero-order valence-electron chi connectivity index (χ0n) is 23.8. The molecule has 0 unspecified atom stereocenters. The molecule has 1 aliphatic rings. The standard InChI is InChI=1S/C32H32ClFN8O/c1-22-7-13-26(14-8-22)37-32(43)41-16-4-15-40(17-18-41)31-38-29(35-19-23-9-11-25(34)12-10-23)28-30(39-31)42(21-36-28)20-24-5-2-3-6-27(24)33/h2-3,5-14,21H,4,15-20H2,1H3,(H,37,43)(H,35,38,39). The highest BCUT2D eigenvalue weighted by Gasteiger charge is 2.23. The summed E-state index contributed by atoms with van der Waals surface area (Å²) >= 11 is 6.47. The number of nitrogens with zero attached hydrogens (tertiary/aromatic N) is 6. The summed E-state index contributed by atoms with van der Waals surface area (Å²) in [6.07, 6.45) is 2.51. The van der Waals surface area contributed by atoms with Crippen molar-refractivity contribution in [2.24, 2.45) is 0 Å². The van der Waals surface area contributed by atoms with Crippen molar-refractivity contribution in [2.75, 3.05) is 41.7 Å². The highest BCUT2D eigenvalue weighted by atomic mass is 35.5. The quantitative estimate of drug-likeness (QED) is 0.227. The second-order valence-electron chi connectivity index (χ2n) is 10.6. The van der Waals surface area contributed by atoms with E-state index in [0.717, 1.165) is 28.8 Å². The number of aryl methyl sites for hydroxylation is 1. The van der Waals surface area contributed by atoms with Crippen molar-refractivity contribution in [1.29, 1.82) is 0 Å². The second-order valence-corrected chi connectivity index (χ2v) is 11.0. The molecule has 0 spiro atoms. The molecule has 6 rings (SSSR count). The van der Waals surface area contributed by atoms with E-state index in [1.54, 1.807) is 18.5 Å². The number of halogens is 2. The van der Waals surface area contributed by atoms with Gasteiger partial charge in [0.15, 0.2) is 17.0 Å². The van der Waals surface area contributed by atoms with Crippen LogP contribution >= 0.6 is 11.6 Å². The molecule has 3 aromatic carbocycles. The smallest absolute Gasteiger partial charge is 0.321 e. The van der Waals surface area contributed by atoms with Crippen molar-refractivity contribution < 1.29 is 9.18 Å². The Balaban J connectivity index is 1.25. The Hall–Kier alpha value is -4.70. The molecule has 2 aromatic heterocycles. The van der Waals surface area contributed by atoms with Crippen molar-refractivity contribution in [1.82, 2.24) is 24.4 Å². The van der Waals surface area contributed by atoms with Gasteiger partial charge in [0.25, 0.3) is 0 Å². The van der Waals surface area contributed by atoms with Crippen molar-refractivity contribution in [3.05, 3.63) is 107 Å². The summed E-state index contributed by atoms with van der Waals surface area (Å²) in [4.78, 5) is 31.5. The Morgan fingerprint density at radius 2 is 1.74 bits per heavy atom. The molecule has 1 fully saturated rings. The van der Waals surface area contributed by atoms with Gasteiger partial charge in [0.2, 0.25) is 5.95 Å². The largest absolute Gasteiger partial charge is 0.364 e. The number of carbonyl (C=O) groups is 1. The van der Waals surface area contributed by atoms with E-state index in [2.05, 4.69) is 20.5 Å². The number of urea groups is 1. The van der Waals surface area contributed by atoms with E-state index in [4.69, 9.17) is 21.6 Å². The predicted octanol–water partition coefficient (Wildman–Crippen LogP) is 6.33. The first kappa shape index (κ1) is 28.4. The number of carbonyl (C=O) groups excluding carboxylic acids is 1. The molecular formula is C32H32ClFN8O. The molecule has 0 atom stereocenters. The van der Waals surface area contributed by atoms with Crippen LogP contribution in [-0.4, -0.2) is 56.6 Å². The SMILES string of the molecule is Cc1ccc(NC(=O)N2CCCN(c3nc(NCc4ccc(F)cc4)c4ncn(Cc5ccccc5Cl)c4n3)CC2)cc1. The number of amides is 2. The topological polar surface area (TPSA) is 91.2 Å². The second kappa shape index (κ2) is 12.7. The summed E-state index contributed by atoms with van der Waals surface area (Å²) in [5.41, 5.74) is 5.08. The summed E-state index contributed by atoms with van der Waals surface area (Å²) in [6, 6.07) is 21.7. The minimum Gasteiger partial charge on any atom is -0.364 e. The number of fused-ring (bicyclic) bond motifs is 1. The average molecular weight is 599 g/mol. The first-order valence-electron chi connectivity index (χ1n) is 14.2. The Labute approximate surface area is 254 Å². The van der Waals surface area contributed by atoms with Gasteiger partial charge in [-0.05, 0) is 54.8 Å². The van der Waals surface area contributed by atoms with Crippen LogP contribution in [0.15, 0.2) is 79.1 Å². The van der Waals surface area contributed by atoms with Gasteiger partial charge < -0.3 is 25.0 Å². The monoisotopic (exact) mass is 598 g/mol. The molecule has 3 heterocycles. The van der Waals surface area contributed by atoms with E-state index >= 15 is 0 Å². The van der Waals surface area contributed by atoms with Crippen LogP contribution in [0.25, 0.3) is 11.2 Å². The Kier molecular flexibility index (Phi) is 8.37. The van der Waals surface area contributed by atoms with Gasteiger partial charge in [0.05, 0.1) is 12.9 Å². The van der Waals surface area contributed by atoms with Crippen LogP contribution in [0.1, 0.15) is 23.1 Å². The van der Waals surface area contributed by atoms with Gasteiger partial charge in [-0.2, -0.15) is 9.97 Å². The van der Waals surface area contributed by atoms with Gasteiger partial charge in [-0.3, -0.25) is 0 Å². The molecule has 2 amide bonds. The molecule has 5 aromatic rings. The minimum atomic E-state index is -0.281. The maximum atomic E-state index is 13.5. The van der Waals surface area contributed by atoms with Gasteiger partial charge in [-0.15, -0.1) is 0 Å². The zero-order valence-corrected chi connectivity index (χ0v) is 24.6. The summed E-state index contributed by atoms with van der Waals surface area (Å²) in [5, 5.41) is 7.06. The van der Waals surface area contributed by atoms with Gasteiger partial charge >= 0.3 is 6.03 Å². The lowest BCUT2D eigenvalue weighted by molar-refractivity contribution is 0.215. The number of rotatable bonds is 7. The molecule has 43 heavy (non-hydrogen) atoms. The number of anilines is 3. The zero-order chi connectivity index (χ0) is 29.8. The summed E-state index contributed by atoms with van der Waals surface area (Å²) in [6.45, 7) is 5.36. The molecular weight excluding hydrogens is 567 g/mol. The first-order valence-corrected chi connectivity index (χ1v) is 14.6. The third-order valence-corrected chi connectivity index (χ3v) is 7.86. The fraction of sp³-hybridized carbons (Fsp3) is 0.250. The maximum absolute atomic E-state index is 13.5. The number of aromatic nitrogens is 4. The lowest BCUT2D eigenvalue weighted by Gasteiger charge is -2.23. The molecule has 220 valence electrons. The summed E-state index contributed by atoms with van der Waals surface area (Å²) in [5.74, 6) is 0.854. The summed E-state index contributed by atoms with van der Waals surface area (Å²) in [7, 11) is 0. The van der Waals surface area contributed by atoms with Gasteiger partial charge in [-0.1, -0.05) is 59.6 Å². The maximum Gasteiger partial charge on any atom is 0.321 e. The number of hydrogen-bond donors (Lipinski definition) is 2. The third-order valence-electron chi connectivity index (χ3n) is 7.49. The molecule has 0 radical (unpaired) electrons. The number of hydrogen-bond acceptors (Lipinski definition) is 6. The molecule has 1 saturated heterocycles. The van der Waals surface area contributed by atoms with Crippen molar-refractivity contribution in [3.63, 3.8) is 0 Å². The van der Waals surface area contributed by atoms with Crippen molar-refractivity contribution in [2.45, 2.75) is 26.4 Å². The van der Waals surface area contributed by atoms with Crippen LogP contribution in [0, 0.1) is 12.7 Å². The number of benzene rings is 3. The van der Waals surface area contributed by atoms with E-state index in [-0.39, 0.29) is 11.8 Å². The normalized spacial score (nSPS) is 13.7. The van der Waals surface area contributed by atoms with Gasteiger partial charge in [0, 0.05) is 43.4 Å². The Bertz CT molecular complexity index is 1720. The number of nitrogens with one attached hydrogen (secondary N) is 2. The van der Waals surface area contributed by atoms with Crippen LogP contribution in [-0.2, 0) is 13.1 Å². The van der Waals surface area contributed by atoms with Crippen molar-refractivity contribution in [3.8, 4) is 0 Å². The Morgan fingerprint density at radius 1 is 0.953 bits per heavy atom. The van der Waals surface area contributed by atoms with E-state index in [1.807, 2.05) is 64.9 Å². The third kappa shape index (κ3) is 6.70. The molecule has 2 N–H and O–H groups in total. The van der Waals surface area contributed by atoms with E-state index in [1.165, 1.54) is 12.1 Å². The van der Waals surface area contributed by atoms with E-state index in [0.29, 0.717) is 67.2 Å². The molecule has 11 heteroatoms. The summed E-state index contributed by atoms with van der Waals surface area (Å²) < 4.78 is 15.4. The lowest BCUT2D eigenvalue weighted by Crippen LogP contribution is -2.38. The van der Waals surface area contributed by atoms with Gasteiger partial charge in [0.1, 0.15) is 5.82 Å². The lowest BCUT2D eigenvalue weighted by atomic mass is 10.2. The Morgan fingerprint density at radius 3 is 2.53 bits per heavy atom. The fourth-order valence-corrected chi connectivity index (χ4v) is 5.27. The average Bonchev–Trinajstić information content (AvgIpc) is 3.24. The van der Waals surface area contributed by atoms with Crippen LogP contribution in [0.5, 0.6) is 0 Å². The highest BCUT2D eigenvalue weighted by molar-refractivity contribution is 6.31. The molecule has 1 aliphatic heterocycles. The molecule has 0 aliphatic carbocycles. The minimum absolute atomic E-state index is 0.124. The predicted molar refractivity (Wildman–Crippen MR) is 168 cm³/mol. The molecule has 0 bridgehead atoms. The molecule has 9 nitrogen and oxygen atoms in total. The van der Waals surface area contributed by atoms with E-state index in [9.17, 15) is 9.18 Å². The fourth-order valence-electron chi connectivity index (χ4n) is 5.07. The van der Waals surface area contributed by atoms with Crippen molar-refractivity contribution >= 4 is 46.2 Å². The molecule has 0 saturated carbocycles. The van der Waals surface area contributed by atoms with Crippen LogP contribution in [0.4, 0.5) is 26.6 Å². The van der Waals surface area contributed by atoms with Crippen LogP contribution in [0.2, 0.25) is 5.02 Å². The first-order chi connectivity index (χ1) is 20.9. The van der Waals surface area contributed by atoms with Gasteiger partial charge in [-0.25, -0.2) is 14.2 Å². The van der Waals surface area contributed by atoms with Crippen LogP contribution in [0.3, 0.4) is 0 Å². The highest BCUT2D eigenvalue weighted by Crippen LogP contribution is 2.26. The number of imidazole rings is 1. The van der Waals surface area contributed by atoms with Crippen LogP contribution < -0.4 is 15.5 Å². The van der Waals surface area contributed by atoms with E-state index < -0.39 is 0 Å².